The lowest BCUT2D eigenvalue weighted by atomic mass is 10.1. The highest BCUT2D eigenvalue weighted by atomic mass is 35.5. The summed E-state index contributed by atoms with van der Waals surface area (Å²) in [5.41, 5.74) is 1.68. The zero-order valence-corrected chi connectivity index (χ0v) is 18.9. The molecule has 9 heteroatoms. The Kier molecular flexibility index (Phi) is 7.86. The predicted octanol–water partition coefficient (Wildman–Crippen LogP) is 3.63. The molecule has 3 N–H and O–H groups in total. The van der Waals surface area contributed by atoms with Crippen molar-refractivity contribution in [1.82, 2.24) is 5.32 Å². The lowest BCUT2D eigenvalue weighted by Gasteiger charge is -2.16. The predicted molar refractivity (Wildman–Crippen MR) is 120 cm³/mol. The molecular weight excluding hydrogens is 426 g/mol. The molecule has 0 aliphatic rings. The Morgan fingerprint density at radius 3 is 2.43 bits per heavy atom. The van der Waals surface area contributed by atoms with Gasteiger partial charge in [-0.1, -0.05) is 30.7 Å². The van der Waals surface area contributed by atoms with Gasteiger partial charge in [-0.3, -0.25) is 9.59 Å². The summed E-state index contributed by atoms with van der Waals surface area (Å²) in [5.74, 6) is -0.657. The fourth-order valence-electron chi connectivity index (χ4n) is 2.79. The molecule has 0 saturated heterocycles. The lowest BCUT2D eigenvalue weighted by Crippen LogP contribution is -2.33. The van der Waals surface area contributed by atoms with Gasteiger partial charge in [0.05, 0.1) is 22.7 Å². The van der Waals surface area contributed by atoms with E-state index in [2.05, 4.69) is 16.0 Å². The molecule has 0 radical (unpaired) electrons. The van der Waals surface area contributed by atoms with Crippen molar-refractivity contribution in [3.05, 3.63) is 52.5 Å². The van der Waals surface area contributed by atoms with Gasteiger partial charge in [0.2, 0.25) is 5.91 Å². The normalized spacial score (nSPS) is 12.2. The summed E-state index contributed by atoms with van der Waals surface area (Å²) in [7, 11) is -3.46. The molecule has 0 aliphatic heterocycles. The number of halogens is 1. The first-order chi connectivity index (χ1) is 14.0. The first-order valence-electron chi connectivity index (χ1n) is 9.46. The number of sulfone groups is 1. The molecule has 0 spiro atoms. The molecule has 2 rings (SSSR count). The van der Waals surface area contributed by atoms with Crippen molar-refractivity contribution in [2.45, 2.75) is 38.1 Å². The molecule has 0 aliphatic carbocycles. The quantitative estimate of drug-likeness (QED) is 0.568. The number of rotatable bonds is 8. The van der Waals surface area contributed by atoms with Gasteiger partial charge in [0.25, 0.3) is 5.91 Å². The van der Waals surface area contributed by atoms with Crippen LogP contribution in [0.15, 0.2) is 41.3 Å². The third-order valence-corrected chi connectivity index (χ3v) is 6.04. The molecule has 0 aromatic heterocycles. The van der Waals surface area contributed by atoms with Gasteiger partial charge in [-0.15, -0.1) is 0 Å². The SMILES string of the molecule is CCC(C)NC(=O)c1ccccc1NC(=O)CNc1cc(Cl)cc(S(C)(=O)=O)c1C. The number of amides is 2. The molecule has 0 heterocycles. The van der Waals surface area contributed by atoms with Crippen LogP contribution in [-0.4, -0.2) is 39.1 Å². The first kappa shape index (κ1) is 23.7. The number of carbonyl (C=O) groups excluding carboxylic acids is 2. The maximum absolute atomic E-state index is 12.5. The van der Waals surface area contributed by atoms with Crippen molar-refractivity contribution in [2.75, 3.05) is 23.4 Å². The van der Waals surface area contributed by atoms with Crippen molar-refractivity contribution in [3.8, 4) is 0 Å². The van der Waals surface area contributed by atoms with Crippen molar-refractivity contribution >= 4 is 44.6 Å². The van der Waals surface area contributed by atoms with Crippen LogP contribution in [-0.2, 0) is 14.6 Å². The zero-order valence-electron chi connectivity index (χ0n) is 17.4. The Balaban J connectivity index is 2.13. The average Bonchev–Trinajstić information content (AvgIpc) is 2.67. The van der Waals surface area contributed by atoms with E-state index in [0.29, 0.717) is 22.5 Å². The second-order valence-corrected chi connectivity index (χ2v) is 9.50. The summed E-state index contributed by atoms with van der Waals surface area (Å²) in [6.45, 7) is 5.38. The maximum Gasteiger partial charge on any atom is 0.253 e. The van der Waals surface area contributed by atoms with E-state index in [1.54, 1.807) is 37.3 Å². The van der Waals surface area contributed by atoms with Crippen LogP contribution in [0.1, 0.15) is 36.2 Å². The highest BCUT2D eigenvalue weighted by Gasteiger charge is 2.17. The average molecular weight is 452 g/mol. The molecule has 0 saturated carbocycles. The van der Waals surface area contributed by atoms with Gasteiger partial charge in [-0.25, -0.2) is 8.42 Å². The monoisotopic (exact) mass is 451 g/mol. The van der Waals surface area contributed by atoms with Gasteiger partial charge in [-0.2, -0.15) is 0 Å². The summed E-state index contributed by atoms with van der Waals surface area (Å²) < 4.78 is 23.9. The molecule has 30 heavy (non-hydrogen) atoms. The fourth-order valence-corrected chi connectivity index (χ4v) is 4.08. The third kappa shape index (κ3) is 6.21. The van der Waals surface area contributed by atoms with E-state index >= 15 is 0 Å². The number of para-hydroxylation sites is 1. The molecule has 2 aromatic carbocycles. The molecule has 2 aromatic rings. The lowest BCUT2D eigenvalue weighted by molar-refractivity contribution is -0.114. The number of carbonyl (C=O) groups is 2. The van der Waals surface area contributed by atoms with E-state index in [-0.39, 0.29) is 34.3 Å². The Bertz CT molecular complexity index is 1050. The highest BCUT2D eigenvalue weighted by molar-refractivity contribution is 7.90. The smallest absolute Gasteiger partial charge is 0.253 e. The van der Waals surface area contributed by atoms with Crippen LogP contribution in [0.3, 0.4) is 0 Å². The van der Waals surface area contributed by atoms with Gasteiger partial charge in [-0.05, 0) is 50.1 Å². The molecule has 1 atom stereocenters. The minimum atomic E-state index is -3.46. The molecule has 2 amide bonds. The van der Waals surface area contributed by atoms with Crippen molar-refractivity contribution in [2.24, 2.45) is 0 Å². The number of benzene rings is 2. The van der Waals surface area contributed by atoms with Crippen LogP contribution < -0.4 is 16.0 Å². The minimum absolute atomic E-state index is 0.0118. The Morgan fingerprint density at radius 1 is 1.13 bits per heavy atom. The van der Waals surface area contributed by atoms with Gasteiger partial charge < -0.3 is 16.0 Å². The second-order valence-electron chi connectivity index (χ2n) is 7.08. The van der Waals surface area contributed by atoms with Gasteiger partial charge >= 0.3 is 0 Å². The molecule has 0 fully saturated rings. The Labute approximate surface area is 182 Å². The standard InChI is InChI=1S/C21H26ClN3O4S/c1-5-13(2)24-21(27)16-8-6-7-9-17(16)25-20(26)12-23-18-10-15(22)11-19(14(18)3)30(4,28)29/h6-11,13,23H,5,12H2,1-4H3,(H,24,27)(H,25,26). The molecular formula is C21H26ClN3O4S. The summed E-state index contributed by atoms with van der Waals surface area (Å²) in [5, 5.41) is 8.75. The third-order valence-electron chi connectivity index (χ3n) is 4.60. The van der Waals surface area contributed by atoms with Gasteiger partial charge in [0, 0.05) is 23.0 Å². The van der Waals surface area contributed by atoms with Crippen LogP contribution in [0, 0.1) is 6.92 Å². The molecule has 7 nitrogen and oxygen atoms in total. The largest absolute Gasteiger partial charge is 0.376 e. The highest BCUT2D eigenvalue weighted by Crippen LogP contribution is 2.28. The summed E-state index contributed by atoms with van der Waals surface area (Å²) in [6, 6.07) is 9.69. The Hall–Kier alpha value is -2.58. The van der Waals surface area contributed by atoms with E-state index < -0.39 is 9.84 Å². The zero-order chi connectivity index (χ0) is 22.5. The summed E-state index contributed by atoms with van der Waals surface area (Å²) >= 11 is 6.03. The second kappa shape index (κ2) is 9.95. The van der Waals surface area contributed by atoms with Crippen LogP contribution >= 0.6 is 11.6 Å². The summed E-state index contributed by atoms with van der Waals surface area (Å²) in [6.07, 6.45) is 1.89. The van der Waals surface area contributed by atoms with E-state index in [1.165, 1.54) is 6.07 Å². The van der Waals surface area contributed by atoms with E-state index in [1.807, 2.05) is 13.8 Å². The topological polar surface area (TPSA) is 104 Å². The number of anilines is 2. The van der Waals surface area contributed by atoms with E-state index in [9.17, 15) is 18.0 Å². The molecule has 162 valence electrons. The first-order valence-corrected chi connectivity index (χ1v) is 11.7. The van der Waals surface area contributed by atoms with E-state index in [0.717, 1.165) is 12.7 Å². The minimum Gasteiger partial charge on any atom is -0.376 e. The Morgan fingerprint density at radius 2 is 1.80 bits per heavy atom. The van der Waals surface area contributed by atoms with Gasteiger partial charge in [0.1, 0.15) is 0 Å². The molecule has 0 bridgehead atoms. The van der Waals surface area contributed by atoms with Gasteiger partial charge in [0.15, 0.2) is 9.84 Å². The number of hydrogen-bond acceptors (Lipinski definition) is 5. The maximum atomic E-state index is 12.5. The number of hydrogen-bond donors (Lipinski definition) is 3. The van der Waals surface area contributed by atoms with Crippen LogP contribution in [0.5, 0.6) is 0 Å². The van der Waals surface area contributed by atoms with Crippen LogP contribution in [0.4, 0.5) is 11.4 Å². The van der Waals surface area contributed by atoms with Crippen LogP contribution in [0.25, 0.3) is 0 Å². The molecule has 1 unspecified atom stereocenters. The van der Waals surface area contributed by atoms with E-state index in [4.69, 9.17) is 11.6 Å². The number of nitrogens with one attached hydrogen (secondary N) is 3. The fraction of sp³-hybridized carbons (Fsp3) is 0.333. The summed E-state index contributed by atoms with van der Waals surface area (Å²) in [4.78, 5) is 25.0. The van der Waals surface area contributed by atoms with Crippen molar-refractivity contribution < 1.29 is 18.0 Å². The van der Waals surface area contributed by atoms with Crippen molar-refractivity contribution in [1.29, 1.82) is 0 Å². The van der Waals surface area contributed by atoms with Crippen molar-refractivity contribution in [3.63, 3.8) is 0 Å². The van der Waals surface area contributed by atoms with Crippen LogP contribution in [0.2, 0.25) is 5.02 Å².